The molecular formula is C13H17N3O3. The topological polar surface area (TPSA) is 88.2 Å². The van der Waals surface area contributed by atoms with Crippen LogP contribution in [0.4, 0.5) is 0 Å². The van der Waals surface area contributed by atoms with E-state index in [1.54, 1.807) is 14.0 Å². The van der Waals surface area contributed by atoms with E-state index in [0.29, 0.717) is 6.42 Å². The Balaban J connectivity index is 2.07. The van der Waals surface area contributed by atoms with E-state index in [2.05, 4.69) is 5.16 Å². The molecule has 1 heterocycles. The number of hydrogen-bond donors (Lipinski definition) is 2. The van der Waals surface area contributed by atoms with Crippen LogP contribution in [0.3, 0.4) is 0 Å². The number of amidine groups is 1. The number of nitrogens with zero attached hydrogens (tertiary/aromatic N) is 2. The van der Waals surface area contributed by atoms with E-state index < -0.39 is 12.1 Å². The summed E-state index contributed by atoms with van der Waals surface area (Å²) in [6, 6.07) is 7.09. The van der Waals surface area contributed by atoms with E-state index in [1.807, 2.05) is 24.3 Å². The summed E-state index contributed by atoms with van der Waals surface area (Å²) in [5, 5.41) is 11.6. The normalized spacial score (nSPS) is 19.5. The van der Waals surface area contributed by atoms with Crippen molar-refractivity contribution < 1.29 is 14.7 Å². The van der Waals surface area contributed by atoms with Gasteiger partial charge < -0.3 is 20.6 Å². The first-order valence-corrected chi connectivity index (χ1v) is 6.03. The number of amides is 1. The van der Waals surface area contributed by atoms with Gasteiger partial charge in [-0.2, -0.15) is 0 Å². The number of rotatable bonds is 3. The molecule has 0 saturated carbocycles. The van der Waals surface area contributed by atoms with Crippen LogP contribution in [0, 0.1) is 0 Å². The van der Waals surface area contributed by atoms with Crippen LogP contribution >= 0.6 is 0 Å². The Kier molecular flexibility index (Phi) is 3.59. The first kappa shape index (κ1) is 13.2. The zero-order chi connectivity index (χ0) is 14.0. The minimum Gasteiger partial charge on any atom is -0.480 e. The van der Waals surface area contributed by atoms with E-state index in [0.717, 1.165) is 11.3 Å². The highest BCUT2D eigenvalue weighted by atomic mass is 16.5. The van der Waals surface area contributed by atoms with Crippen LogP contribution in [-0.4, -0.2) is 41.0 Å². The molecule has 0 bridgehead atoms. The fourth-order valence-electron chi connectivity index (χ4n) is 2.02. The van der Waals surface area contributed by atoms with Gasteiger partial charge >= 0.3 is 0 Å². The molecule has 1 aliphatic rings. The maximum atomic E-state index is 12.3. The SMILES string of the molecule is CC(C(N)=NO)N(C)C(=O)C1Cc2ccccc2O1. The van der Waals surface area contributed by atoms with Crippen LogP contribution in [0.15, 0.2) is 29.4 Å². The van der Waals surface area contributed by atoms with E-state index in [9.17, 15) is 4.79 Å². The summed E-state index contributed by atoms with van der Waals surface area (Å²) in [5.74, 6) is 0.548. The molecule has 6 nitrogen and oxygen atoms in total. The molecule has 19 heavy (non-hydrogen) atoms. The zero-order valence-corrected chi connectivity index (χ0v) is 10.9. The lowest BCUT2D eigenvalue weighted by Gasteiger charge is -2.26. The van der Waals surface area contributed by atoms with Gasteiger partial charge in [0.15, 0.2) is 11.9 Å². The van der Waals surface area contributed by atoms with Crippen LogP contribution in [0.1, 0.15) is 12.5 Å². The third-order valence-corrected chi connectivity index (χ3v) is 3.39. The number of hydrogen-bond acceptors (Lipinski definition) is 4. The molecule has 2 unspecified atom stereocenters. The Bertz CT molecular complexity index is 491. The van der Waals surface area contributed by atoms with Crippen molar-refractivity contribution in [3.05, 3.63) is 29.8 Å². The van der Waals surface area contributed by atoms with E-state index in [-0.39, 0.29) is 11.7 Å². The number of fused-ring (bicyclic) bond motifs is 1. The Morgan fingerprint density at radius 1 is 1.58 bits per heavy atom. The molecule has 0 fully saturated rings. The molecule has 1 aliphatic heterocycles. The molecule has 0 aromatic heterocycles. The lowest BCUT2D eigenvalue weighted by molar-refractivity contribution is -0.137. The number of carbonyl (C=O) groups is 1. The van der Waals surface area contributed by atoms with Crippen molar-refractivity contribution in [3.8, 4) is 5.75 Å². The number of carbonyl (C=O) groups excluding carboxylic acids is 1. The van der Waals surface area contributed by atoms with Gasteiger partial charge in [-0.25, -0.2) is 0 Å². The number of nitrogens with two attached hydrogens (primary N) is 1. The summed E-state index contributed by atoms with van der Waals surface area (Å²) < 4.78 is 5.62. The number of likely N-dealkylation sites (N-methyl/N-ethyl adjacent to an activating group) is 1. The van der Waals surface area contributed by atoms with Crippen molar-refractivity contribution in [1.29, 1.82) is 0 Å². The fourth-order valence-corrected chi connectivity index (χ4v) is 2.02. The molecule has 0 aliphatic carbocycles. The highest BCUT2D eigenvalue weighted by molar-refractivity contribution is 5.91. The van der Waals surface area contributed by atoms with Crippen molar-refractivity contribution in [2.75, 3.05) is 7.05 Å². The summed E-state index contributed by atoms with van der Waals surface area (Å²) >= 11 is 0. The van der Waals surface area contributed by atoms with Gasteiger partial charge in [0.25, 0.3) is 5.91 Å². The van der Waals surface area contributed by atoms with Gasteiger partial charge in [-0.1, -0.05) is 23.4 Å². The second-order valence-corrected chi connectivity index (χ2v) is 4.57. The Morgan fingerprint density at radius 2 is 2.26 bits per heavy atom. The molecule has 0 spiro atoms. The predicted octanol–water partition coefficient (Wildman–Crippen LogP) is 0.583. The van der Waals surface area contributed by atoms with E-state index >= 15 is 0 Å². The van der Waals surface area contributed by atoms with Gasteiger partial charge in [-0.3, -0.25) is 4.79 Å². The standard InChI is InChI=1S/C13H17N3O3/c1-8(12(14)15-18)16(2)13(17)11-7-9-5-3-4-6-10(9)19-11/h3-6,8,11,18H,7H2,1-2H3,(H2,14,15). The molecule has 102 valence electrons. The maximum absolute atomic E-state index is 12.3. The zero-order valence-electron chi connectivity index (χ0n) is 10.9. The molecule has 1 aromatic rings. The number of oxime groups is 1. The summed E-state index contributed by atoms with van der Waals surface area (Å²) in [5.41, 5.74) is 6.52. The number of benzene rings is 1. The predicted molar refractivity (Wildman–Crippen MR) is 70.2 cm³/mol. The van der Waals surface area contributed by atoms with Crippen LogP contribution in [0.2, 0.25) is 0 Å². The number of ether oxygens (including phenoxy) is 1. The third kappa shape index (κ3) is 2.47. The summed E-state index contributed by atoms with van der Waals surface area (Å²) in [4.78, 5) is 13.7. The largest absolute Gasteiger partial charge is 0.480 e. The molecule has 2 atom stereocenters. The molecule has 0 radical (unpaired) electrons. The third-order valence-electron chi connectivity index (χ3n) is 3.39. The summed E-state index contributed by atoms with van der Waals surface area (Å²) in [7, 11) is 1.61. The highest BCUT2D eigenvalue weighted by Crippen LogP contribution is 2.28. The average molecular weight is 263 g/mol. The van der Waals surface area contributed by atoms with Gasteiger partial charge in [0.1, 0.15) is 5.75 Å². The maximum Gasteiger partial charge on any atom is 0.264 e. The lowest BCUT2D eigenvalue weighted by Crippen LogP contribution is -2.48. The van der Waals surface area contributed by atoms with Gasteiger partial charge in [-0.05, 0) is 18.6 Å². The van der Waals surface area contributed by atoms with Crippen molar-refractivity contribution in [2.45, 2.75) is 25.5 Å². The summed E-state index contributed by atoms with van der Waals surface area (Å²) in [6.07, 6.45) is -0.00116. The molecule has 6 heteroatoms. The monoisotopic (exact) mass is 263 g/mol. The number of para-hydroxylation sites is 1. The van der Waals surface area contributed by atoms with Gasteiger partial charge in [-0.15, -0.1) is 0 Å². The lowest BCUT2D eigenvalue weighted by atomic mass is 10.1. The smallest absolute Gasteiger partial charge is 0.264 e. The Labute approximate surface area is 111 Å². The quantitative estimate of drug-likeness (QED) is 0.361. The average Bonchev–Trinajstić information content (AvgIpc) is 2.87. The van der Waals surface area contributed by atoms with Crippen molar-refractivity contribution in [3.63, 3.8) is 0 Å². The second kappa shape index (κ2) is 5.17. The van der Waals surface area contributed by atoms with Gasteiger partial charge in [0.05, 0.1) is 6.04 Å². The van der Waals surface area contributed by atoms with E-state index in [4.69, 9.17) is 15.7 Å². The van der Waals surface area contributed by atoms with Crippen LogP contribution < -0.4 is 10.5 Å². The van der Waals surface area contributed by atoms with Gasteiger partial charge in [0.2, 0.25) is 0 Å². The molecule has 2 rings (SSSR count). The fraction of sp³-hybridized carbons (Fsp3) is 0.385. The van der Waals surface area contributed by atoms with Crippen LogP contribution in [0.25, 0.3) is 0 Å². The Morgan fingerprint density at radius 3 is 2.89 bits per heavy atom. The minimum atomic E-state index is -0.545. The second-order valence-electron chi connectivity index (χ2n) is 4.57. The first-order valence-electron chi connectivity index (χ1n) is 6.03. The summed E-state index contributed by atoms with van der Waals surface area (Å²) in [6.45, 7) is 1.69. The molecule has 1 amide bonds. The van der Waals surface area contributed by atoms with Crippen molar-refractivity contribution in [1.82, 2.24) is 4.90 Å². The molecule has 0 saturated heterocycles. The first-order chi connectivity index (χ1) is 9.04. The highest BCUT2D eigenvalue weighted by Gasteiger charge is 2.33. The van der Waals surface area contributed by atoms with Gasteiger partial charge in [0, 0.05) is 13.5 Å². The van der Waals surface area contributed by atoms with Crippen LogP contribution in [-0.2, 0) is 11.2 Å². The van der Waals surface area contributed by atoms with Crippen LogP contribution in [0.5, 0.6) is 5.75 Å². The minimum absolute atomic E-state index is 0.00800. The van der Waals surface area contributed by atoms with Crippen molar-refractivity contribution >= 4 is 11.7 Å². The van der Waals surface area contributed by atoms with Crippen molar-refractivity contribution in [2.24, 2.45) is 10.9 Å². The Hall–Kier alpha value is -2.24. The molecular weight excluding hydrogens is 246 g/mol. The molecule has 1 aromatic carbocycles. The molecule has 3 N–H and O–H groups in total. The van der Waals surface area contributed by atoms with E-state index in [1.165, 1.54) is 4.90 Å².